The average molecular weight is 289 g/mol. The number of hydrogen-bond acceptors (Lipinski definition) is 2. The lowest BCUT2D eigenvalue weighted by Crippen LogP contribution is -2.43. The molecule has 3 atom stereocenters. The van der Waals surface area contributed by atoms with Gasteiger partial charge in [0.05, 0.1) is 5.92 Å². The van der Waals surface area contributed by atoms with E-state index in [1.165, 1.54) is 0 Å². The summed E-state index contributed by atoms with van der Waals surface area (Å²) in [6.07, 6.45) is 2.93. The second kappa shape index (κ2) is 6.16. The Morgan fingerprint density at radius 1 is 1.40 bits per heavy atom. The van der Waals surface area contributed by atoms with Crippen molar-refractivity contribution in [2.45, 2.75) is 50.7 Å². The first-order valence-electron chi connectivity index (χ1n) is 7.18. The fourth-order valence-corrected chi connectivity index (χ4v) is 3.23. The molecule has 0 bridgehead atoms. The van der Waals surface area contributed by atoms with Crippen molar-refractivity contribution in [3.63, 3.8) is 0 Å². The van der Waals surface area contributed by atoms with Crippen LogP contribution in [0.1, 0.15) is 37.9 Å². The van der Waals surface area contributed by atoms with Crippen LogP contribution < -0.4 is 5.73 Å². The number of hydrogen-bond donors (Lipinski definition) is 1. The molecule has 20 heavy (non-hydrogen) atoms. The van der Waals surface area contributed by atoms with Crippen molar-refractivity contribution < 1.29 is 13.2 Å². The lowest BCUT2D eigenvalue weighted by Gasteiger charge is -2.36. The zero-order chi connectivity index (χ0) is 14.8. The lowest BCUT2D eigenvalue weighted by molar-refractivity contribution is -0.198. The van der Waals surface area contributed by atoms with Crippen molar-refractivity contribution in [2.75, 3.05) is 0 Å². The molecule has 1 fully saturated rings. The molecule has 3 unspecified atom stereocenters. The van der Waals surface area contributed by atoms with Crippen molar-refractivity contribution >= 4 is 0 Å². The predicted molar refractivity (Wildman–Crippen MR) is 71.0 cm³/mol. The molecule has 0 radical (unpaired) electrons. The average Bonchev–Trinajstić information content (AvgIpc) is 2.80. The smallest absolute Gasteiger partial charge is 0.338 e. The number of nitrogens with two attached hydrogens (primary N) is 1. The van der Waals surface area contributed by atoms with Gasteiger partial charge in [0.1, 0.15) is 5.82 Å². The normalized spacial score (nSPS) is 25.6. The van der Waals surface area contributed by atoms with Gasteiger partial charge in [-0.25, -0.2) is 4.98 Å². The highest BCUT2D eigenvalue weighted by molar-refractivity contribution is 4.94. The topological polar surface area (TPSA) is 43.8 Å². The highest BCUT2D eigenvalue weighted by Gasteiger charge is 2.46. The summed E-state index contributed by atoms with van der Waals surface area (Å²) in [6.45, 7) is 0. The van der Waals surface area contributed by atoms with Gasteiger partial charge in [-0.05, 0) is 25.2 Å². The Labute approximate surface area is 117 Å². The molecule has 0 aromatic carbocycles. The predicted octanol–water partition coefficient (Wildman–Crippen LogP) is 3.05. The molecule has 1 aromatic rings. The van der Waals surface area contributed by atoms with E-state index in [2.05, 4.69) is 4.98 Å². The van der Waals surface area contributed by atoms with Gasteiger partial charge in [0.25, 0.3) is 0 Å². The molecule has 114 valence electrons. The monoisotopic (exact) mass is 289 g/mol. The van der Waals surface area contributed by atoms with Crippen LogP contribution in [0.25, 0.3) is 0 Å². The Hall–Kier alpha value is -1.04. The van der Waals surface area contributed by atoms with Crippen LogP contribution >= 0.6 is 0 Å². The molecule has 0 spiro atoms. The van der Waals surface area contributed by atoms with E-state index in [0.29, 0.717) is 25.7 Å². The van der Waals surface area contributed by atoms with Crippen LogP contribution in [0.4, 0.5) is 13.2 Å². The van der Waals surface area contributed by atoms with Crippen LogP contribution in [-0.2, 0) is 13.5 Å². The van der Waals surface area contributed by atoms with Gasteiger partial charge >= 0.3 is 6.18 Å². The number of rotatable bonds is 4. The summed E-state index contributed by atoms with van der Waals surface area (Å²) in [5.74, 6) is -0.795. The molecule has 0 amide bonds. The van der Waals surface area contributed by atoms with Gasteiger partial charge in [0.2, 0.25) is 0 Å². The molecule has 1 aromatic heterocycles. The molecule has 0 aliphatic heterocycles. The number of imidazole rings is 1. The fraction of sp³-hybridized carbons (Fsp3) is 0.786. The Morgan fingerprint density at radius 3 is 2.70 bits per heavy atom. The number of aryl methyl sites for hydroxylation is 2. The maximum atomic E-state index is 13.1. The maximum absolute atomic E-state index is 13.1. The first-order chi connectivity index (χ1) is 9.39. The molecular formula is C14H22F3N3. The first-order valence-corrected chi connectivity index (χ1v) is 7.18. The SMILES string of the molecule is Cn1ccnc1CCC(N)C1CCCCC1C(F)(F)F. The molecule has 1 saturated carbocycles. The minimum atomic E-state index is -4.12. The van der Waals surface area contributed by atoms with E-state index in [-0.39, 0.29) is 6.42 Å². The summed E-state index contributed by atoms with van der Waals surface area (Å²) in [7, 11) is 1.88. The summed E-state index contributed by atoms with van der Waals surface area (Å²) in [5.41, 5.74) is 6.07. The minimum Gasteiger partial charge on any atom is -0.338 e. The van der Waals surface area contributed by atoms with Gasteiger partial charge in [-0.1, -0.05) is 12.8 Å². The van der Waals surface area contributed by atoms with E-state index in [1.807, 2.05) is 17.8 Å². The van der Waals surface area contributed by atoms with E-state index in [1.54, 1.807) is 6.20 Å². The molecule has 2 N–H and O–H groups in total. The standard InChI is InChI=1S/C14H22F3N3/c1-20-9-8-19-13(20)7-6-12(18)10-4-2-3-5-11(10)14(15,16)17/h8-12H,2-7,18H2,1H3. The van der Waals surface area contributed by atoms with Gasteiger partial charge in [0.15, 0.2) is 0 Å². The third-order valence-corrected chi connectivity index (χ3v) is 4.41. The van der Waals surface area contributed by atoms with Gasteiger partial charge in [-0.15, -0.1) is 0 Å². The summed E-state index contributed by atoms with van der Waals surface area (Å²) in [4.78, 5) is 4.19. The van der Waals surface area contributed by atoms with Gasteiger partial charge < -0.3 is 10.3 Å². The summed E-state index contributed by atoms with van der Waals surface area (Å²) in [5, 5.41) is 0. The quantitative estimate of drug-likeness (QED) is 0.926. The molecule has 6 heteroatoms. The third kappa shape index (κ3) is 3.53. The largest absolute Gasteiger partial charge is 0.392 e. The number of halogens is 3. The Kier molecular flexibility index (Phi) is 4.73. The lowest BCUT2D eigenvalue weighted by atomic mass is 9.74. The highest BCUT2D eigenvalue weighted by Crippen LogP contribution is 2.43. The zero-order valence-corrected chi connectivity index (χ0v) is 11.7. The van der Waals surface area contributed by atoms with Crippen molar-refractivity contribution in [2.24, 2.45) is 24.6 Å². The molecule has 2 rings (SSSR count). The Morgan fingerprint density at radius 2 is 2.10 bits per heavy atom. The van der Waals surface area contributed by atoms with Crippen LogP contribution in [0, 0.1) is 11.8 Å². The van der Waals surface area contributed by atoms with Crippen LogP contribution in [0.5, 0.6) is 0 Å². The first kappa shape index (κ1) is 15.4. The molecular weight excluding hydrogens is 267 g/mol. The summed E-state index contributed by atoms with van der Waals surface area (Å²) >= 11 is 0. The summed E-state index contributed by atoms with van der Waals surface area (Å²) in [6, 6.07) is -0.404. The summed E-state index contributed by atoms with van der Waals surface area (Å²) < 4.78 is 41.1. The Balaban J connectivity index is 1.96. The molecule has 0 saturated heterocycles. The highest BCUT2D eigenvalue weighted by atomic mass is 19.4. The maximum Gasteiger partial charge on any atom is 0.392 e. The van der Waals surface area contributed by atoms with Crippen LogP contribution in [0.15, 0.2) is 12.4 Å². The van der Waals surface area contributed by atoms with Crippen LogP contribution in [0.3, 0.4) is 0 Å². The van der Waals surface area contributed by atoms with E-state index in [9.17, 15) is 13.2 Å². The van der Waals surface area contributed by atoms with Crippen LogP contribution in [0.2, 0.25) is 0 Å². The molecule has 1 heterocycles. The van der Waals surface area contributed by atoms with Gasteiger partial charge in [0, 0.05) is 31.9 Å². The Bertz CT molecular complexity index is 428. The van der Waals surface area contributed by atoms with Gasteiger partial charge in [-0.3, -0.25) is 0 Å². The van der Waals surface area contributed by atoms with Crippen molar-refractivity contribution in [1.29, 1.82) is 0 Å². The third-order valence-electron chi connectivity index (χ3n) is 4.41. The van der Waals surface area contributed by atoms with E-state index in [4.69, 9.17) is 5.73 Å². The number of alkyl halides is 3. The number of nitrogens with zero attached hydrogens (tertiary/aromatic N) is 2. The molecule has 1 aliphatic rings. The zero-order valence-electron chi connectivity index (χ0n) is 11.7. The van der Waals surface area contributed by atoms with E-state index < -0.39 is 24.1 Å². The van der Waals surface area contributed by atoms with Crippen molar-refractivity contribution in [3.05, 3.63) is 18.2 Å². The second-order valence-electron chi connectivity index (χ2n) is 5.75. The van der Waals surface area contributed by atoms with Crippen molar-refractivity contribution in [3.8, 4) is 0 Å². The van der Waals surface area contributed by atoms with E-state index >= 15 is 0 Å². The van der Waals surface area contributed by atoms with Gasteiger partial charge in [-0.2, -0.15) is 13.2 Å². The second-order valence-corrected chi connectivity index (χ2v) is 5.75. The number of aromatic nitrogens is 2. The fourth-order valence-electron chi connectivity index (χ4n) is 3.23. The van der Waals surface area contributed by atoms with E-state index in [0.717, 1.165) is 12.2 Å². The van der Waals surface area contributed by atoms with Crippen molar-refractivity contribution in [1.82, 2.24) is 9.55 Å². The van der Waals surface area contributed by atoms with Crippen LogP contribution in [-0.4, -0.2) is 21.8 Å². The minimum absolute atomic E-state index is 0.226. The molecule has 3 nitrogen and oxygen atoms in total. The molecule has 1 aliphatic carbocycles.